The van der Waals surface area contributed by atoms with Crippen LogP contribution in [0.2, 0.25) is 0 Å². The van der Waals surface area contributed by atoms with Crippen LogP contribution in [0.25, 0.3) is 11.0 Å². The molecule has 3 heterocycles. The van der Waals surface area contributed by atoms with Gasteiger partial charge in [0.25, 0.3) is 5.91 Å². The molecular formula is C22H23N3O4. The first-order valence-corrected chi connectivity index (χ1v) is 9.73. The van der Waals surface area contributed by atoms with Crippen molar-refractivity contribution in [1.29, 1.82) is 0 Å². The summed E-state index contributed by atoms with van der Waals surface area (Å²) in [4.78, 5) is 32.8. The second-order valence-corrected chi connectivity index (χ2v) is 7.06. The Morgan fingerprint density at radius 3 is 2.59 bits per heavy atom. The van der Waals surface area contributed by atoms with Crippen LogP contribution in [0.4, 0.5) is 5.82 Å². The Labute approximate surface area is 168 Å². The lowest BCUT2D eigenvalue weighted by molar-refractivity contribution is 0.0525. The van der Waals surface area contributed by atoms with E-state index in [-0.39, 0.29) is 11.9 Å². The number of carbonyl (C=O) groups is 2. The highest BCUT2D eigenvalue weighted by Crippen LogP contribution is 2.23. The number of aromatic nitrogens is 1. The zero-order valence-electron chi connectivity index (χ0n) is 16.6. The molecule has 0 aliphatic carbocycles. The Hall–Kier alpha value is -3.35. The van der Waals surface area contributed by atoms with E-state index in [1.54, 1.807) is 17.9 Å². The lowest BCUT2D eigenvalue weighted by Gasteiger charge is -2.35. The first-order chi connectivity index (χ1) is 14.0. The molecule has 1 saturated heterocycles. The lowest BCUT2D eigenvalue weighted by atomic mass is 10.2. The first-order valence-electron chi connectivity index (χ1n) is 9.73. The van der Waals surface area contributed by atoms with Gasteiger partial charge < -0.3 is 19.0 Å². The van der Waals surface area contributed by atoms with Crippen LogP contribution >= 0.6 is 0 Å². The number of rotatable bonds is 4. The predicted octanol–water partition coefficient (Wildman–Crippen LogP) is 3.28. The zero-order chi connectivity index (χ0) is 20.4. The van der Waals surface area contributed by atoms with Crippen molar-refractivity contribution < 1.29 is 18.7 Å². The van der Waals surface area contributed by atoms with Crippen LogP contribution in [0.3, 0.4) is 0 Å². The number of piperazine rings is 1. The lowest BCUT2D eigenvalue weighted by Crippen LogP contribution is -2.49. The first kappa shape index (κ1) is 19.0. The second-order valence-electron chi connectivity index (χ2n) is 7.06. The van der Waals surface area contributed by atoms with Crippen LogP contribution < -0.4 is 4.90 Å². The number of nitrogens with zero attached hydrogens (tertiary/aromatic N) is 3. The molecule has 0 atom stereocenters. The topological polar surface area (TPSA) is 75.9 Å². The molecule has 1 fully saturated rings. The Balaban J connectivity index is 1.39. The van der Waals surface area contributed by atoms with Crippen LogP contribution in [-0.2, 0) is 4.74 Å². The second kappa shape index (κ2) is 7.95. The monoisotopic (exact) mass is 393 g/mol. The number of benzene rings is 1. The van der Waals surface area contributed by atoms with Gasteiger partial charge in [-0.1, -0.05) is 11.6 Å². The van der Waals surface area contributed by atoms with E-state index in [9.17, 15) is 9.59 Å². The number of pyridine rings is 1. The third-order valence-corrected chi connectivity index (χ3v) is 5.03. The predicted molar refractivity (Wildman–Crippen MR) is 109 cm³/mol. The third-order valence-electron chi connectivity index (χ3n) is 5.03. The minimum Gasteiger partial charge on any atom is -0.462 e. The van der Waals surface area contributed by atoms with Crippen molar-refractivity contribution in [2.24, 2.45) is 0 Å². The summed E-state index contributed by atoms with van der Waals surface area (Å²) in [5, 5.41) is 0.942. The molecule has 150 valence electrons. The van der Waals surface area contributed by atoms with Gasteiger partial charge in [-0.25, -0.2) is 9.78 Å². The van der Waals surface area contributed by atoms with Gasteiger partial charge in [-0.15, -0.1) is 0 Å². The molecule has 7 heteroatoms. The molecule has 3 aromatic rings. The quantitative estimate of drug-likeness (QED) is 0.633. The fourth-order valence-corrected chi connectivity index (χ4v) is 3.47. The summed E-state index contributed by atoms with van der Waals surface area (Å²) in [7, 11) is 0. The fraction of sp³-hybridized carbons (Fsp3) is 0.318. The molecule has 0 bridgehead atoms. The summed E-state index contributed by atoms with van der Waals surface area (Å²) in [6.45, 7) is 6.61. The number of ether oxygens (including phenoxy) is 1. The molecule has 1 aromatic carbocycles. The van der Waals surface area contributed by atoms with Crippen molar-refractivity contribution in [2.45, 2.75) is 13.8 Å². The molecule has 0 spiro atoms. The fourth-order valence-electron chi connectivity index (χ4n) is 3.47. The number of hydrogen-bond acceptors (Lipinski definition) is 6. The number of hydrogen-bond donors (Lipinski definition) is 0. The van der Waals surface area contributed by atoms with E-state index in [0.717, 1.165) is 22.4 Å². The normalized spacial score (nSPS) is 14.3. The summed E-state index contributed by atoms with van der Waals surface area (Å²) in [5.74, 6) is 0.687. The van der Waals surface area contributed by atoms with Gasteiger partial charge in [-0.3, -0.25) is 4.79 Å². The number of esters is 1. The summed E-state index contributed by atoms with van der Waals surface area (Å²) < 4.78 is 10.7. The Morgan fingerprint density at radius 1 is 1.10 bits per heavy atom. The molecule has 2 aromatic heterocycles. The molecule has 0 saturated carbocycles. The maximum atomic E-state index is 12.8. The van der Waals surface area contributed by atoms with Gasteiger partial charge in [-0.2, -0.15) is 0 Å². The molecular weight excluding hydrogens is 370 g/mol. The van der Waals surface area contributed by atoms with Crippen LogP contribution in [-0.4, -0.2) is 54.5 Å². The van der Waals surface area contributed by atoms with Gasteiger partial charge in [0.05, 0.1) is 12.2 Å². The average Bonchev–Trinajstić information content (AvgIpc) is 3.17. The van der Waals surface area contributed by atoms with E-state index in [0.29, 0.717) is 44.1 Å². The molecule has 4 rings (SSSR count). The van der Waals surface area contributed by atoms with Crippen LogP contribution in [0, 0.1) is 6.92 Å². The van der Waals surface area contributed by atoms with Crippen molar-refractivity contribution in [3.8, 4) is 0 Å². The summed E-state index contributed by atoms with van der Waals surface area (Å²) in [6, 6.07) is 11.2. The molecule has 1 aliphatic heterocycles. The number of aryl methyl sites for hydroxylation is 1. The van der Waals surface area contributed by atoms with E-state index in [2.05, 4.69) is 9.88 Å². The van der Waals surface area contributed by atoms with E-state index < -0.39 is 0 Å². The number of anilines is 1. The third kappa shape index (κ3) is 3.94. The molecule has 1 amide bonds. The Bertz CT molecular complexity index is 1030. The van der Waals surface area contributed by atoms with Gasteiger partial charge in [0, 0.05) is 37.8 Å². The SMILES string of the molecule is CCOC(=O)c1ccc(N2CCN(C(=O)c3cc4cc(C)ccc4o3)CC2)nc1. The largest absolute Gasteiger partial charge is 0.462 e. The Kier molecular flexibility index (Phi) is 5.20. The van der Waals surface area contributed by atoms with Crippen molar-refractivity contribution in [3.63, 3.8) is 0 Å². The summed E-state index contributed by atoms with van der Waals surface area (Å²) in [6.07, 6.45) is 1.53. The molecule has 1 aliphatic rings. The number of furan rings is 1. The highest BCUT2D eigenvalue weighted by atomic mass is 16.5. The highest BCUT2D eigenvalue weighted by Gasteiger charge is 2.25. The number of amides is 1. The van der Waals surface area contributed by atoms with E-state index in [4.69, 9.17) is 9.15 Å². The van der Waals surface area contributed by atoms with Crippen molar-refractivity contribution >= 4 is 28.7 Å². The standard InChI is InChI=1S/C22H23N3O4/c1-3-28-22(27)16-5-7-20(23-14-16)24-8-10-25(11-9-24)21(26)19-13-17-12-15(2)4-6-18(17)29-19/h4-7,12-14H,3,8-11H2,1-2H3. The van der Waals surface area contributed by atoms with Gasteiger partial charge >= 0.3 is 5.97 Å². The van der Waals surface area contributed by atoms with Crippen molar-refractivity contribution in [2.75, 3.05) is 37.7 Å². The van der Waals surface area contributed by atoms with Gasteiger partial charge in [-0.05, 0) is 44.2 Å². The number of fused-ring (bicyclic) bond motifs is 1. The minimum absolute atomic E-state index is 0.0934. The molecule has 7 nitrogen and oxygen atoms in total. The van der Waals surface area contributed by atoms with E-state index in [1.807, 2.05) is 37.3 Å². The Morgan fingerprint density at radius 2 is 1.90 bits per heavy atom. The van der Waals surface area contributed by atoms with Gasteiger partial charge in [0.1, 0.15) is 11.4 Å². The molecule has 0 radical (unpaired) electrons. The number of carbonyl (C=O) groups excluding carboxylic acids is 2. The van der Waals surface area contributed by atoms with E-state index >= 15 is 0 Å². The summed E-state index contributed by atoms with van der Waals surface area (Å²) in [5.41, 5.74) is 2.29. The maximum Gasteiger partial charge on any atom is 0.339 e. The molecule has 0 N–H and O–H groups in total. The average molecular weight is 393 g/mol. The van der Waals surface area contributed by atoms with Crippen LogP contribution in [0.5, 0.6) is 0 Å². The minimum atomic E-state index is -0.372. The van der Waals surface area contributed by atoms with E-state index in [1.165, 1.54) is 6.20 Å². The van der Waals surface area contributed by atoms with Gasteiger partial charge in [0.2, 0.25) is 0 Å². The van der Waals surface area contributed by atoms with Crippen LogP contribution in [0.15, 0.2) is 47.0 Å². The highest BCUT2D eigenvalue weighted by molar-refractivity contribution is 5.96. The smallest absolute Gasteiger partial charge is 0.339 e. The van der Waals surface area contributed by atoms with Crippen molar-refractivity contribution in [1.82, 2.24) is 9.88 Å². The van der Waals surface area contributed by atoms with Gasteiger partial charge in [0.15, 0.2) is 5.76 Å². The molecule has 0 unspecified atom stereocenters. The zero-order valence-corrected chi connectivity index (χ0v) is 16.6. The van der Waals surface area contributed by atoms with Crippen LogP contribution in [0.1, 0.15) is 33.4 Å². The van der Waals surface area contributed by atoms with Crippen molar-refractivity contribution in [3.05, 3.63) is 59.5 Å². The maximum absolute atomic E-state index is 12.8. The molecule has 29 heavy (non-hydrogen) atoms. The summed E-state index contributed by atoms with van der Waals surface area (Å²) >= 11 is 0.